The van der Waals surface area contributed by atoms with E-state index in [9.17, 15) is 13.2 Å². The average molecular weight is 298 g/mol. The Morgan fingerprint density at radius 3 is 2.19 bits per heavy atom. The Hall–Kier alpha value is -1.85. The number of hydrogen-bond donors (Lipinski definition) is 0. The number of alkyl halides is 3. The highest BCUT2D eigenvalue weighted by Gasteiger charge is 2.31. The molecule has 1 heterocycles. The molecule has 21 heavy (non-hydrogen) atoms. The highest BCUT2D eigenvalue weighted by Crippen LogP contribution is 2.32. The van der Waals surface area contributed by atoms with Gasteiger partial charge >= 0.3 is 6.18 Å². The van der Waals surface area contributed by atoms with Gasteiger partial charge < -0.3 is 4.74 Å². The standard InChI is InChI=1S/C15H17F3N2O/c1-8(2)13-14(21-9(3)4)20-12-7-10(15(16,17)18)5-6-11(12)19-13/h5-9H,1-4H3. The van der Waals surface area contributed by atoms with E-state index in [2.05, 4.69) is 9.97 Å². The van der Waals surface area contributed by atoms with Gasteiger partial charge in [0.2, 0.25) is 5.88 Å². The van der Waals surface area contributed by atoms with Gasteiger partial charge in [-0.1, -0.05) is 13.8 Å². The number of benzene rings is 1. The number of halogens is 3. The first-order valence-electron chi connectivity index (χ1n) is 6.74. The normalized spacial score (nSPS) is 12.4. The van der Waals surface area contributed by atoms with Crippen molar-refractivity contribution in [3.8, 4) is 5.88 Å². The smallest absolute Gasteiger partial charge is 0.416 e. The van der Waals surface area contributed by atoms with E-state index in [4.69, 9.17) is 4.74 Å². The lowest BCUT2D eigenvalue weighted by atomic mass is 10.1. The lowest BCUT2D eigenvalue weighted by Crippen LogP contribution is -2.11. The molecular weight excluding hydrogens is 281 g/mol. The molecule has 1 aromatic carbocycles. The fourth-order valence-electron chi connectivity index (χ4n) is 1.91. The van der Waals surface area contributed by atoms with E-state index < -0.39 is 11.7 Å². The van der Waals surface area contributed by atoms with Gasteiger partial charge in [-0.3, -0.25) is 0 Å². The fourth-order valence-corrected chi connectivity index (χ4v) is 1.91. The van der Waals surface area contributed by atoms with Crippen molar-refractivity contribution in [1.29, 1.82) is 0 Å². The first-order chi connectivity index (χ1) is 9.68. The molecule has 2 aromatic rings. The summed E-state index contributed by atoms with van der Waals surface area (Å²) in [6, 6.07) is 3.36. The summed E-state index contributed by atoms with van der Waals surface area (Å²) in [5, 5.41) is 0. The predicted molar refractivity (Wildman–Crippen MR) is 74.4 cm³/mol. The Morgan fingerprint density at radius 1 is 1.00 bits per heavy atom. The summed E-state index contributed by atoms with van der Waals surface area (Å²) < 4.78 is 43.8. The molecule has 3 nitrogen and oxygen atoms in total. The van der Waals surface area contributed by atoms with Crippen molar-refractivity contribution in [3.63, 3.8) is 0 Å². The van der Waals surface area contributed by atoms with E-state index in [1.165, 1.54) is 6.07 Å². The van der Waals surface area contributed by atoms with Crippen LogP contribution >= 0.6 is 0 Å². The van der Waals surface area contributed by atoms with Gasteiger partial charge in [0.25, 0.3) is 0 Å². The molecule has 0 unspecified atom stereocenters. The summed E-state index contributed by atoms with van der Waals surface area (Å²) in [6.45, 7) is 7.55. The number of ether oxygens (including phenoxy) is 1. The van der Waals surface area contributed by atoms with Crippen molar-refractivity contribution in [3.05, 3.63) is 29.5 Å². The Kier molecular flexibility index (Phi) is 4.07. The largest absolute Gasteiger partial charge is 0.474 e. The third kappa shape index (κ3) is 3.43. The zero-order valence-electron chi connectivity index (χ0n) is 12.3. The molecule has 0 bridgehead atoms. The minimum absolute atomic E-state index is 0.0675. The summed E-state index contributed by atoms with van der Waals surface area (Å²) in [7, 11) is 0. The Morgan fingerprint density at radius 2 is 1.67 bits per heavy atom. The zero-order valence-corrected chi connectivity index (χ0v) is 12.3. The van der Waals surface area contributed by atoms with Crippen LogP contribution in [-0.2, 0) is 6.18 Å². The van der Waals surface area contributed by atoms with Crippen molar-refractivity contribution in [2.45, 2.75) is 45.9 Å². The van der Waals surface area contributed by atoms with Crippen LogP contribution in [0.1, 0.15) is 44.9 Å². The average Bonchev–Trinajstić information content (AvgIpc) is 2.35. The molecule has 0 aliphatic rings. The molecule has 0 atom stereocenters. The van der Waals surface area contributed by atoms with Gasteiger partial charge in [0.15, 0.2) is 0 Å². The second-order valence-corrected chi connectivity index (χ2v) is 5.44. The van der Waals surface area contributed by atoms with E-state index in [0.717, 1.165) is 12.1 Å². The maximum Gasteiger partial charge on any atom is 0.416 e. The van der Waals surface area contributed by atoms with Crippen LogP contribution in [0.3, 0.4) is 0 Å². The van der Waals surface area contributed by atoms with Crippen molar-refractivity contribution < 1.29 is 17.9 Å². The van der Waals surface area contributed by atoms with Crippen LogP contribution in [0.15, 0.2) is 18.2 Å². The highest BCUT2D eigenvalue weighted by molar-refractivity contribution is 5.76. The van der Waals surface area contributed by atoms with Crippen LogP contribution in [0.4, 0.5) is 13.2 Å². The van der Waals surface area contributed by atoms with Crippen LogP contribution in [-0.4, -0.2) is 16.1 Å². The molecule has 0 radical (unpaired) electrons. The maximum absolute atomic E-state index is 12.8. The quantitative estimate of drug-likeness (QED) is 0.833. The molecule has 2 rings (SSSR count). The van der Waals surface area contributed by atoms with Gasteiger partial charge in [-0.15, -0.1) is 0 Å². The summed E-state index contributed by atoms with van der Waals surface area (Å²) in [4.78, 5) is 8.62. The van der Waals surface area contributed by atoms with E-state index >= 15 is 0 Å². The van der Waals surface area contributed by atoms with Gasteiger partial charge in [0.1, 0.15) is 5.69 Å². The van der Waals surface area contributed by atoms with Gasteiger partial charge in [-0.2, -0.15) is 13.2 Å². The minimum atomic E-state index is -4.40. The second kappa shape index (κ2) is 5.50. The minimum Gasteiger partial charge on any atom is -0.474 e. The topological polar surface area (TPSA) is 35.0 Å². The molecule has 1 aromatic heterocycles. The van der Waals surface area contributed by atoms with E-state index in [0.29, 0.717) is 17.1 Å². The highest BCUT2D eigenvalue weighted by atomic mass is 19.4. The summed E-state index contributed by atoms with van der Waals surface area (Å²) in [6.07, 6.45) is -4.52. The lowest BCUT2D eigenvalue weighted by Gasteiger charge is -2.16. The molecule has 0 amide bonds. The molecule has 0 aliphatic carbocycles. The first kappa shape index (κ1) is 15.5. The number of rotatable bonds is 3. The summed E-state index contributed by atoms with van der Waals surface area (Å²) in [5.74, 6) is 0.366. The van der Waals surface area contributed by atoms with Crippen LogP contribution in [0.2, 0.25) is 0 Å². The van der Waals surface area contributed by atoms with Crippen molar-refractivity contribution in [2.24, 2.45) is 0 Å². The molecule has 0 saturated heterocycles. The lowest BCUT2D eigenvalue weighted by molar-refractivity contribution is -0.137. The van der Waals surface area contributed by atoms with Gasteiger partial charge in [-0.25, -0.2) is 9.97 Å². The number of nitrogens with zero attached hydrogens (tertiary/aromatic N) is 2. The third-order valence-electron chi connectivity index (χ3n) is 2.88. The number of fused-ring (bicyclic) bond motifs is 1. The zero-order chi connectivity index (χ0) is 15.8. The molecule has 0 aliphatic heterocycles. The number of hydrogen-bond acceptors (Lipinski definition) is 3. The monoisotopic (exact) mass is 298 g/mol. The van der Waals surface area contributed by atoms with Gasteiger partial charge in [0, 0.05) is 5.92 Å². The summed E-state index contributed by atoms with van der Waals surface area (Å²) >= 11 is 0. The third-order valence-corrected chi connectivity index (χ3v) is 2.88. The molecule has 0 N–H and O–H groups in total. The molecule has 114 valence electrons. The van der Waals surface area contributed by atoms with Crippen LogP contribution in [0, 0.1) is 0 Å². The SMILES string of the molecule is CC(C)Oc1nc2cc(C(F)(F)F)ccc2nc1C(C)C. The Labute approximate surface area is 121 Å². The predicted octanol–water partition coefficient (Wildman–Crippen LogP) is 4.56. The Balaban J connectivity index is 2.61. The van der Waals surface area contributed by atoms with E-state index in [1.807, 2.05) is 27.7 Å². The van der Waals surface area contributed by atoms with Gasteiger partial charge in [0.05, 0.1) is 22.7 Å². The van der Waals surface area contributed by atoms with E-state index in [1.54, 1.807) is 0 Å². The number of aromatic nitrogens is 2. The summed E-state index contributed by atoms with van der Waals surface area (Å²) in [5.41, 5.74) is 0.528. The molecular formula is C15H17F3N2O. The molecule has 0 fully saturated rings. The first-order valence-corrected chi connectivity index (χ1v) is 6.74. The maximum atomic E-state index is 12.8. The van der Waals surface area contributed by atoms with Gasteiger partial charge in [-0.05, 0) is 32.0 Å². The van der Waals surface area contributed by atoms with Crippen LogP contribution in [0.25, 0.3) is 11.0 Å². The molecule has 0 spiro atoms. The van der Waals surface area contributed by atoms with Crippen molar-refractivity contribution >= 4 is 11.0 Å². The van der Waals surface area contributed by atoms with Crippen LogP contribution in [0.5, 0.6) is 5.88 Å². The van der Waals surface area contributed by atoms with Crippen molar-refractivity contribution in [1.82, 2.24) is 9.97 Å². The second-order valence-electron chi connectivity index (χ2n) is 5.44. The van der Waals surface area contributed by atoms with E-state index in [-0.39, 0.29) is 17.5 Å². The molecule has 0 saturated carbocycles. The molecule has 6 heteroatoms. The Bertz CT molecular complexity index is 651. The van der Waals surface area contributed by atoms with Crippen molar-refractivity contribution in [2.75, 3.05) is 0 Å². The fraction of sp³-hybridized carbons (Fsp3) is 0.467. The van der Waals surface area contributed by atoms with Crippen LogP contribution < -0.4 is 4.74 Å².